The van der Waals surface area contributed by atoms with Crippen molar-refractivity contribution in [3.05, 3.63) is 186 Å². The van der Waals surface area contributed by atoms with Gasteiger partial charge < -0.3 is 9.13 Å². The van der Waals surface area contributed by atoms with Crippen LogP contribution in [-0.4, -0.2) is 14.1 Å². The Labute approximate surface area is 324 Å². The van der Waals surface area contributed by atoms with Gasteiger partial charge in [0.2, 0.25) is 0 Å². The van der Waals surface area contributed by atoms with Crippen molar-refractivity contribution in [3.63, 3.8) is 0 Å². The van der Waals surface area contributed by atoms with E-state index in [1.807, 2.05) is 24.5 Å². The minimum Gasteiger partial charge on any atom is -0.309 e. The first-order valence-corrected chi connectivity index (χ1v) is 18.7. The van der Waals surface area contributed by atoms with E-state index in [0.717, 1.165) is 66.8 Å². The minimum atomic E-state index is 0.329. The Morgan fingerprint density at radius 2 is 0.893 bits per heavy atom. The molecule has 0 saturated heterocycles. The number of aromatic nitrogens is 3. The molecule has 0 aliphatic carbocycles. The fourth-order valence-corrected chi connectivity index (χ4v) is 8.56. The van der Waals surface area contributed by atoms with Crippen LogP contribution in [0.1, 0.15) is 22.3 Å². The first kappa shape index (κ1) is 32.9. The number of para-hydroxylation sites is 4. The van der Waals surface area contributed by atoms with Crippen LogP contribution in [0, 0.1) is 36.5 Å². The molecule has 3 aromatic heterocycles. The van der Waals surface area contributed by atoms with Crippen LogP contribution in [0.2, 0.25) is 0 Å². The maximum Gasteiger partial charge on any atom is 0.101 e. The van der Waals surface area contributed by atoms with Gasteiger partial charge in [-0.1, -0.05) is 102 Å². The van der Waals surface area contributed by atoms with E-state index < -0.39 is 0 Å². The third-order valence-electron chi connectivity index (χ3n) is 11.0. The van der Waals surface area contributed by atoms with E-state index in [0.29, 0.717) is 11.1 Å². The van der Waals surface area contributed by atoms with E-state index in [2.05, 4.69) is 169 Å². The highest BCUT2D eigenvalue weighted by molar-refractivity contribution is 6.12. The zero-order valence-electron chi connectivity index (χ0n) is 30.8. The zero-order valence-corrected chi connectivity index (χ0v) is 30.8. The largest absolute Gasteiger partial charge is 0.309 e. The normalized spacial score (nSPS) is 11.4. The Morgan fingerprint density at radius 1 is 0.429 bits per heavy atom. The van der Waals surface area contributed by atoms with Gasteiger partial charge in [-0.3, -0.25) is 4.98 Å². The van der Waals surface area contributed by atoms with Crippen molar-refractivity contribution >= 4 is 43.6 Å². The predicted molar refractivity (Wildman–Crippen MR) is 228 cm³/mol. The number of hydrogen-bond acceptors (Lipinski definition) is 3. The molecule has 10 rings (SSSR count). The Hall–Kier alpha value is -7.73. The Morgan fingerprint density at radius 3 is 1.41 bits per heavy atom. The number of pyridine rings is 1. The lowest BCUT2D eigenvalue weighted by molar-refractivity contribution is 1.17. The van der Waals surface area contributed by atoms with Gasteiger partial charge in [-0.2, -0.15) is 10.5 Å². The predicted octanol–water partition coefficient (Wildman–Crippen LogP) is 12.6. The highest BCUT2D eigenvalue weighted by Gasteiger charge is 2.23. The monoisotopic (exact) mass is 715 g/mol. The molecule has 5 heteroatoms. The Balaban J connectivity index is 1.30. The fourth-order valence-electron chi connectivity index (χ4n) is 8.56. The van der Waals surface area contributed by atoms with Crippen molar-refractivity contribution in [3.8, 4) is 56.9 Å². The van der Waals surface area contributed by atoms with E-state index >= 15 is 0 Å². The fraction of sp³-hybridized carbons (Fsp3) is 0.0392. The molecule has 0 unspecified atom stereocenters. The molecular weight excluding hydrogens is 683 g/mol. The summed E-state index contributed by atoms with van der Waals surface area (Å²) < 4.78 is 4.70. The van der Waals surface area contributed by atoms with E-state index in [1.165, 1.54) is 32.7 Å². The lowest BCUT2D eigenvalue weighted by Gasteiger charge is -2.21. The number of fused-ring (bicyclic) bond motifs is 6. The molecule has 5 nitrogen and oxygen atoms in total. The molecule has 0 atom stereocenters. The van der Waals surface area contributed by atoms with Crippen LogP contribution in [-0.2, 0) is 0 Å². The zero-order chi connectivity index (χ0) is 37.9. The summed E-state index contributed by atoms with van der Waals surface area (Å²) in [5.41, 5.74) is 15.2. The number of nitriles is 2. The Kier molecular flexibility index (Phi) is 7.63. The average Bonchev–Trinajstić information content (AvgIpc) is 3.75. The summed E-state index contributed by atoms with van der Waals surface area (Å²) >= 11 is 0. The summed E-state index contributed by atoms with van der Waals surface area (Å²) in [6.45, 7) is 4.27. The molecule has 0 N–H and O–H groups in total. The SMILES string of the molecule is Cc1ccc2c(c1)c1ccccc1n2-c1ccccc1-c1cncc(-c2ccccc2-n2c3ccccc3c3cc(C)ccc32)c1-c1ccc(C#N)c(C#N)c1. The number of nitrogens with zero attached hydrogens (tertiary/aromatic N) is 5. The molecule has 56 heavy (non-hydrogen) atoms. The van der Waals surface area contributed by atoms with Gasteiger partial charge in [0.05, 0.1) is 44.6 Å². The molecule has 3 heterocycles. The first-order valence-electron chi connectivity index (χ1n) is 18.7. The second-order valence-corrected chi connectivity index (χ2v) is 14.4. The van der Waals surface area contributed by atoms with E-state index in [4.69, 9.17) is 4.98 Å². The summed E-state index contributed by atoms with van der Waals surface area (Å²) in [5.74, 6) is 0. The lowest BCUT2D eigenvalue weighted by Crippen LogP contribution is -2.02. The summed E-state index contributed by atoms with van der Waals surface area (Å²) in [4.78, 5) is 4.98. The number of rotatable bonds is 5. The van der Waals surface area contributed by atoms with Gasteiger partial charge in [-0.05, 0) is 80.1 Å². The van der Waals surface area contributed by atoms with E-state index in [-0.39, 0.29) is 0 Å². The highest BCUT2D eigenvalue weighted by atomic mass is 15.0. The van der Waals surface area contributed by atoms with E-state index in [1.54, 1.807) is 6.07 Å². The molecular formula is C51H33N5. The number of benzene rings is 7. The highest BCUT2D eigenvalue weighted by Crippen LogP contribution is 2.45. The molecule has 262 valence electrons. The van der Waals surface area contributed by atoms with Crippen LogP contribution in [0.3, 0.4) is 0 Å². The molecule has 0 aliphatic heterocycles. The lowest BCUT2D eigenvalue weighted by atomic mass is 9.87. The third kappa shape index (κ3) is 5.03. The van der Waals surface area contributed by atoms with Gasteiger partial charge >= 0.3 is 0 Å². The summed E-state index contributed by atoms with van der Waals surface area (Å²) in [6.07, 6.45) is 3.87. The summed E-state index contributed by atoms with van der Waals surface area (Å²) in [7, 11) is 0. The first-order chi connectivity index (χ1) is 27.5. The summed E-state index contributed by atoms with van der Waals surface area (Å²) in [5, 5.41) is 25.0. The maximum absolute atomic E-state index is 10.3. The van der Waals surface area contributed by atoms with Gasteiger partial charge in [0.25, 0.3) is 0 Å². The molecule has 0 aliphatic rings. The summed E-state index contributed by atoms with van der Waals surface area (Å²) in [6, 6.07) is 57.4. The third-order valence-corrected chi connectivity index (χ3v) is 11.0. The van der Waals surface area contributed by atoms with Gasteiger partial charge in [0.15, 0.2) is 0 Å². The molecule has 7 aromatic carbocycles. The second-order valence-electron chi connectivity index (χ2n) is 14.4. The maximum atomic E-state index is 10.3. The second kappa shape index (κ2) is 13.0. The van der Waals surface area contributed by atoms with Crippen molar-refractivity contribution in [1.82, 2.24) is 14.1 Å². The van der Waals surface area contributed by atoms with Crippen LogP contribution in [0.5, 0.6) is 0 Å². The van der Waals surface area contributed by atoms with Gasteiger partial charge in [0, 0.05) is 61.8 Å². The van der Waals surface area contributed by atoms with E-state index in [9.17, 15) is 10.5 Å². The molecule has 0 amide bonds. The van der Waals surface area contributed by atoms with Crippen LogP contribution < -0.4 is 0 Å². The minimum absolute atomic E-state index is 0.329. The van der Waals surface area contributed by atoms with Crippen molar-refractivity contribution < 1.29 is 0 Å². The van der Waals surface area contributed by atoms with Crippen molar-refractivity contribution in [2.45, 2.75) is 13.8 Å². The quantitative estimate of drug-likeness (QED) is 0.178. The molecule has 0 saturated carbocycles. The topological polar surface area (TPSA) is 70.3 Å². The Bertz CT molecular complexity index is 3130. The van der Waals surface area contributed by atoms with Crippen molar-refractivity contribution in [2.75, 3.05) is 0 Å². The van der Waals surface area contributed by atoms with Crippen LogP contribution >= 0.6 is 0 Å². The van der Waals surface area contributed by atoms with Gasteiger partial charge in [-0.15, -0.1) is 0 Å². The van der Waals surface area contributed by atoms with Crippen LogP contribution in [0.4, 0.5) is 0 Å². The van der Waals surface area contributed by atoms with Crippen LogP contribution in [0.25, 0.3) is 88.4 Å². The molecule has 0 radical (unpaired) electrons. The number of hydrogen-bond donors (Lipinski definition) is 0. The number of aryl methyl sites for hydroxylation is 2. The van der Waals surface area contributed by atoms with Crippen LogP contribution in [0.15, 0.2) is 164 Å². The molecule has 0 spiro atoms. The van der Waals surface area contributed by atoms with Crippen molar-refractivity contribution in [1.29, 1.82) is 10.5 Å². The molecule has 10 aromatic rings. The molecule has 0 fully saturated rings. The smallest absolute Gasteiger partial charge is 0.101 e. The molecule has 0 bridgehead atoms. The van der Waals surface area contributed by atoms with Gasteiger partial charge in [-0.25, -0.2) is 0 Å². The standard InChI is InChI=1S/C51H33N5/c1-32-19-23-49-41(25-32)37-11-3-7-15-45(37)55(49)47-17-9-5-13-39(47)43-30-54-31-44(51(43)34-21-22-35(28-52)36(27-34)29-53)40-14-6-10-18-48(40)56-46-16-8-4-12-38(46)42-26-33(2)20-24-50(42)56/h3-27,30-31H,1-2H3. The average molecular weight is 716 g/mol. The van der Waals surface area contributed by atoms with Gasteiger partial charge in [0.1, 0.15) is 12.1 Å². The van der Waals surface area contributed by atoms with Crippen molar-refractivity contribution in [2.24, 2.45) is 0 Å².